The first-order valence-corrected chi connectivity index (χ1v) is 8.53. The maximum Gasteiger partial charge on any atom is 0.256 e. The van der Waals surface area contributed by atoms with Crippen molar-refractivity contribution in [2.45, 2.75) is 0 Å². The number of benzene rings is 2. The maximum atomic E-state index is 12.2. The minimum atomic E-state index is -0.198. The van der Waals surface area contributed by atoms with Crippen molar-refractivity contribution in [3.05, 3.63) is 74.9 Å². The summed E-state index contributed by atoms with van der Waals surface area (Å²) in [6, 6.07) is 14.0. The molecule has 6 heteroatoms. The minimum absolute atomic E-state index is 0.198. The van der Waals surface area contributed by atoms with Gasteiger partial charge in [-0.2, -0.15) is 0 Å². The smallest absolute Gasteiger partial charge is 0.256 e. The van der Waals surface area contributed by atoms with Crippen LogP contribution < -0.4 is 5.32 Å². The highest BCUT2D eigenvalue weighted by Gasteiger charge is 2.24. The number of carbonyl (C=O) groups excluding carboxylic acids is 1. The first kappa shape index (κ1) is 16.3. The Bertz CT molecular complexity index is 1040. The van der Waals surface area contributed by atoms with Crippen molar-refractivity contribution in [2.75, 3.05) is 5.32 Å². The molecule has 0 aliphatic carbocycles. The molecule has 0 saturated carbocycles. The number of furan rings is 1. The number of halogens is 3. The van der Waals surface area contributed by atoms with Crippen LogP contribution in [0.1, 0.15) is 11.3 Å². The molecule has 25 heavy (non-hydrogen) atoms. The van der Waals surface area contributed by atoms with Crippen LogP contribution in [0.2, 0.25) is 15.1 Å². The predicted octanol–water partition coefficient (Wildman–Crippen LogP) is 6.40. The van der Waals surface area contributed by atoms with Crippen LogP contribution in [0, 0.1) is 0 Å². The van der Waals surface area contributed by atoms with Gasteiger partial charge in [0.1, 0.15) is 11.5 Å². The molecule has 1 aliphatic heterocycles. The van der Waals surface area contributed by atoms with Gasteiger partial charge in [0, 0.05) is 26.9 Å². The molecular weight excluding hydrogens is 381 g/mol. The SMILES string of the molecule is O=C1Nc2ccc(Cl)cc2/C1=C/c1ccc(-c2cc(Cl)ccc2Cl)o1. The van der Waals surface area contributed by atoms with Gasteiger partial charge in [0.2, 0.25) is 0 Å². The monoisotopic (exact) mass is 389 g/mol. The molecule has 0 radical (unpaired) electrons. The van der Waals surface area contributed by atoms with E-state index < -0.39 is 0 Å². The molecular formula is C19H10Cl3NO2. The van der Waals surface area contributed by atoms with Crippen molar-refractivity contribution in [3.8, 4) is 11.3 Å². The third-order valence-electron chi connectivity index (χ3n) is 3.87. The Morgan fingerprint density at radius 2 is 1.60 bits per heavy atom. The Morgan fingerprint density at radius 1 is 0.880 bits per heavy atom. The summed E-state index contributed by atoms with van der Waals surface area (Å²) in [6.45, 7) is 0. The predicted molar refractivity (Wildman–Crippen MR) is 102 cm³/mol. The standard InChI is InChI=1S/C19H10Cl3NO2/c20-10-1-4-16(22)15(8-10)18-6-3-12(25-18)9-14-13-7-11(21)2-5-17(13)23-19(14)24/h1-9H,(H,23,24)/b14-9-. The van der Waals surface area contributed by atoms with E-state index in [0.717, 1.165) is 11.3 Å². The number of nitrogens with one attached hydrogen (secondary N) is 1. The first-order valence-electron chi connectivity index (χ1n) is 7.39. The molecule has 0 atom stereocenters. The van der Waals surface area contributed by atoms with Crippen LogP contribution in [0.4, 0.5) is 5.69 Å². The molecule has 0 fully saturated rings. The summed E-state index contributed by atoms with van der Waals surface area (Å²) in [4.78, 5) is 12.2. The second kappa shape index (κ2) is 6.26. The molecule has 4 rings (SSSR count). The van der Waals surface area contributed by atoms with Gasteiger partial charge in [-0.3, -0.25) is 4.79 Å². The minimum Gasteiger partial charge on any atom is -0.457 e. The van der Waals surface area contributed by atoms with Gasteiger partial charge in [0.05, 0.1) is 10.6 Å². The second-order valence-corrected chi connectivity index (χ2v) is 6.81. The number of amides is 1. The van der Waals surface area contributed by atoms with E-state index in [1.54, 1.807) is 54.6 Å². The maximum absolute atomic E-state index is 12.2. The van der Waals surface area contributed by atoms with E-state index in [1.807, 2.05) is 0 Å². The van der Waals surface area contributed by atoms with E-state index >= 15 is 0 Å². The zero-order valence-corrected chi connectivity index (χ0v) is 14.9. The molecule has 2 heterocycles. The highest BCUT2D eigenvalue weighted by molar-refractivity contribution is 6.37. The fraction of sp³-hybridized carbons (Fsp3) is 0. The fourth-order valence-electron chi connectivity index (χ4n) is 2.71. The Hall–Kier alpha value is -2.20. The average molecular weight is 391 g/mol. The molecule has 0 bridgehead atoms. The lowest BCUT2D eigenvalue weighted by molar-refractivity contribution is -0.110. The number of hydrogen-bond donors (Lipinski definition) is 1. The van der Waals surface area contributed by atoms with Crippen molar-refractivity contribution in [1.82, 2.24) is 0 Å². The first-order chi connectivity index (χ1) is 12.0. The zero-order chi connectivity index (χ0) is 17.6. The molecule has 1 N–H and O–H groups in total. The summed E-state index contributed by atoms with van der Waals surface area (Å²) in [5.74, 6) is 0.907. The Morgan fingerprint density at radius 3 is 2.40 bits per heavy atom. The molecule has 3 aromatic rings. The molecule has 0 spiro atoms. The van der Waals surface area contributed by atoms with Gasteiger partial charge in [-0.05, 0) is 54.6 Å². The van der Waals surface area contributed by atoms with Gasteiger partial charge < -0.3 is 9.73 Å². The number of fused-ring (bicyclic) bond motifs is 1. The van der Waals surface area contributed by atoms with E-state index in [2.05, 4.69) is 5.32 Å². The summed E-state index contributed by atoms with van der Waals surface area (Å²) in [6.07, 6.45) is 1.68. The van der Waals surface area contributed by atoms with E-state index in [4.69, 9.17) is 39.2 Å². The van der Waals surface area contributed by atoms with E-state index in [1.165, 1.54) is 0 Å². The molecule has 1 aromatic heterocycles. The van der Waals surface area contributed by atoms with Gasteiger partial charge >= 0.3 is 0 Å². The van der Waals surface area contributed by atoms with Crippen LogP contribution in [0.5, 0.6) is 0 Å². The Labute approximate surface area is 158 Å². The second-order valence-electron chi connectivity index (χ2n) is 5.53. The molecule has 1 aliphatic rings. The van der Waals surface area contributed by atoms with Gasteiger partial charge in [0.25, 0.3) is 5.91 Å². The lowest BCUT2D eigenvalue weighted by Crippen LogP contribution is -2.03. The fourth-order valence-corrected chi connectivity index (χ4v) is 3.26. The van der Waals surface area contributed by atoms with Crippen LogP contribution in [0.25, 0.3) is 23.0 Å². The lowest BCUT2D eigenvalue weighted by atomic mass is 10.1. The molecule has 3 nitrogen and oxygen atoms in total. The highest BCUT2D eigenvalue weighted by Crippen LogP contribution is 2.36. The quantitative estimate of drug-likeness (QED) is 0.514. The van der Waals surface area contributed by atoms with E-state index in [9.17, 15) is 4.79 Å². The van der Waals surface area contributed by atoms with Crippen LogP contribution >= 0.6 is 34.8 Å². The van der Waals surface area contributed by atoms with Crippen molar-refractivity contribution in [2.24, 2.45) is 0 Å². The van der Waals surface area contributed by atoms with Gasteiger partial charge in [0.15, 0.2) is 0 Å². The van der Waals surface area contributed by atoms with Crippen LogP contribution in [0.3, 0.4) is 0 Å². The van der Waals surface area contributed by atoms with Crippen molar-refractivity contribution in [1.29, 1.82) is 0 Å². The van der Waals surface area contributed by atoms with Crippen LogP contribution in [0.15, 0.2) is 52.9 Å². The van der Waals surface area contributed by atoms with E-state index in [-0.39, 0.29) is 5.91 Å². The van der Waals surface area contributed by atoms with Gasteiger partial charge in [-0.25, -0.2) is 0 Å². The van der Waals surface area contributed by atoms with Crippen molar-refractivity contribution < 1.29 is 9.21 Å². The van der Waals surface area contributed by atoms with Crippen molar-refractivity contribution >= 4 is 58.0 Å². The Balaban J connectivity index is 1.75. The number of carbonyl (C=O) groups is 1. The van der Waals surface area contributed by atoms with Crippen LogP contribution in [-0.4, -0.2) is 5.91 Å². The van der Waals surface area contributed by atoms with Crippen LogP contribution in [-0.2, 0) is 4.79 Å². The Kier molecular flexibility index (Phi) is 4.08. The largest absolute Gasteiger partial charge is 0.457 e. The topological polar surface area (TPSA) is 42.2 Å². The average Bonchev–Trinajstić information content (AvgIpc) is 3.16. The zero-order valence-electron chi connectivity index (χ0n) is 12.6. The van der Waals surface area contributed by atoms with Gasteiger partial charge in [-0.15, -0.1) is 0 Å². The molecule has 0 saturated heterocycles. The molecule has 0 unspecified atom stereocenters. The summed E-state index contributed by atoms with van der Waals surface area (Å²) < 4.78 is 5.83. The van der Waals surface area contributed by atoms with Crippen molar-refractivity contribution in [3.63, 3.8) is 0 Å². The summed E-state index contributed by atoms with van der Waals surface area (Å²) in [5.41, 5.74) is 2.66. The summed E-state index contributed by atoms with van der Waals surface area (Å²) >= 11 is 18.3. The number of anilines is 1. The summed E-state index contributed by atoms with van der Waals surface area (Å²) in [5, 5.41) is 4.47. The van der Waals surface area contributed by atoms with E-state index in [0.29, 0.717) is 37.7 Å². The molecule has 2 aromatic carbocycles. The molecule has 1 amide bonds. The third kappa shape index (κ3) is 3.07. The number of hydrogen-bond acceptors (Lipinski definition) is 2. The van der Waals surface area contributed by atoms with Gasteiger partial charge in [-0.1, -0.05) is 34.8 Å². The highest BCUT2D eigenvalue weighted by atomic mass is 35.5. The third-order valence-corrected chi connectivity index (χ3v) is 4.67. The molecule has 124 valence electrons. The lowest BCUT2D eigenvalue weighted by Gasteiger charge is -2.01. The normalized spacial score (nSPS) is 14.7. The number of rotatable bonds is 2. The summed E-state index contributed by atoms with van der Waals surface area (Å²) in [7, 11) is 0.